The SMILES string of the molecule is Cc1cc(C(=O)N2C[C@H]3CC[C@@H]2CN(S(C)(=O)=O)C3)c(C)o1. The van der Waals surface area contributed by atoms with Gasteiger partial charge in [0.1, 0.15) is 11.5 Å². The molecule has 3 fully saturated rings. The van der Waals surface area contributed by atoms with E-state index in [2.05, 4.69) is 0 Å². The van der Waals surface area contributed by atoms with Crippen molar-refractivity contribution in [1.29, 1.82) is 0 Å². The third-order valence-corrected chi connectivity index (χ3v) is 5.92. The Kier molecular flexibility index (Phi) is 3.81. The molecular weight excluding hydrogens is 304 g/mol. The van der Waals surface area contributed by atoms with Gasteiger partial charge >= 0.3 is 0 Å². The standard InChI is InChI=1S/C15H22N2O4S/c1-10-6-14(11(2)21-10)15(18)17-8-12-4-5-13(17)9-16(7-12)22(3,19)20/h6,12-13H,4-5,7-9H2,1-3H3/t12-,13+/m0/s1. The van der Waals surface area contributed by atoms with Gasteiger partial charge in [-0.2, -0.15) is 4.31 Å². The smallest absolute Gasteiger partial charge is 0.257 e. The molecule has 3 aliphatic heterocycles. The maximum absolute atomic E-state index is 12.8. The molecule has 1 aromatic heterocycles. The molecule has 122 valence electrons. The lowest BCUT2D eigenvalue weighted by Gasteiger charge is -2.36. The fourth-order valence-corrected chi connectivity index (χ4v) is 4.48. The maximum atomic E-state index is 12.8. The summed E-state index contributed by atoms with van der Waals surface area (Å²) < 4.78 is 30.7. The second kappa shape index (κ2) is 5.38. The summed E-state index contributed by atoms with van der Waals surface area (Å²) in [5.74, 6) is 1.52. The summed E-state index contributed by atoms with van der Waals surface area (Å²) in [6, 6.07) is 1.72. The number of hydrogen-bond donors (Lipinski definition) is 0. The lowest BCUT2D eigenvalue weighted by Crippen LogP contribution is -2.47. The van der Waals surface area contributed by atoms with Gasteiger partial charge in [-0.15, -0.1) is 0 Å². The molecule has 2 atom stereocenters. The van der Waals surface area contributed by atoms with E-state index in [9.17, 15) is 13.2 Å². The van der Waals surface area contributed by atoms with Crippen LogP contribution in [0.2, 0.25) is 0 Å². The van der Waals surface area contributed by atoms with Crippen LogP contribution >= 0.6 is 0 Å². The van der Waals surface area contributed by atoms with Gasteiger partial charge in [0.2, 0.25) is 10.0 Å². The molecule has 0 unspecified atom stereocenters. The van der Waals surface area contributed by atoms with Crippen LogP contribution in [0.3, 0.4) is 0 Å². The van der Waals surface area contributed by atoms with Crippen molar-refractivity contribution in [3.8, 4) is 0 Å². The first kappa shape index (κ1) is 15.6. The number of aryl methyl sites for hydroxylation is 2. The number of sulfonamides is 1. The molecular formula is C15H22N2O4S. The van der Waals surface area contributed by atoms with Gasteiger partial charge in [0.25, 0.3) is 5.91 Å². The zero-order chi connectivity index (χ0) is 16.1. The topological polar surface area (TPSA) is 70.8 Å². The van der Waals surface area contributed by atoms with E-state index in [1.807, 2.05) is 11.8 Å². The number of rotatable bonds is 2. The molecule has 0 radical (unpaired) electrons. The van der Waals surface area contributed by atoms with Gasteiger partial charge in [0.05, 0.1) is 11.8 Å². The molecule has 22 heavy (non-hydrogen) atoms. The number of hydrogen-bond acceptors (Lipinski definition) is 4. The van der Waals surface area contributed by atoms with Crippen LogP contribution in [0, 0.1) is 19.8 Å². The van der Waals surface area contributed by atoms with Crippen molar-refractivity contribution in [3.05, 3.63) is 23.2 Å². The van der Waals surface area contributed by atoms with Crippen LogP contribution in [0.15, 0.2) is 10.5 Å². The van der Waals surface area contributed by atoms with Gasteiger partial charge in [-0.25, -0.2) is 8.42 Å². The van der Waals surface area contributed by atoms with Crippen LogP contribution in [0.1, 0.15) is 34.7 Å². The van der Waals surface area contributed by atoms with Gasteiger partial charge in [-0.3, -0.25) is 4.79 Å². The fraction of sp³-hybridized carbons (Fsp3) is 0.667. The first-order valence-corrected chi connectivity index (χ1v) is 9.43. The quantitative estimate of drug-likeness (QED) is 0.823. The molecule has 4 heterocycles. The highest BCUT2D eigenvalue weighted by molar-refractivity contribution is 7.88. The minimum absolute atomic E-state index is 0.0422. The molecule has 0 spiro atoms. The lowest BCUT2D eigenvalue weighted by molar-refractivity contribution is 0.0587. The molecule has 0 aliphatic carbocycles. The number of furan rings is 1. The van der Waals surface area contributed by atoms with Crippen molar-refractivity contribution in [3.63, 3.8) is 0 Å². The summed E-state index contributed by atoms with van der Waals surface area (Å²) in [5.41, 5.74) is 0.593. The van der Waals surface area contributed by atoms with Crippen molar-refractivity contribution in [1.82, 2.24) is 9.21 Å². The van der Waals surface area contributed by atoms with E-state index in [0.717, 1.165) is 18.6 Å². The summed E-state index contributed by atoms with van der Waals surface area (Å²) >= 11 is 0. The highest BCUT2D eigenvalue weighted by Crippen LogP contribution is 2.31. The van der Waals surface area contributed by atoms with Crippen LogP contribution < -0.4 is 0 Å². The summed E-state index contributed by atoms with van der Waals surface area (Å²) in [4.78, 5) is 14.7. The van der Waals surface area contributed by atoms with E-state index in [-0.39, 0.29) is 17.9 Å². The van der Waals surface area contributed by atoms with Crippen molar-refractivity contribution < 1.29 is 17.6 Å². The van der Waals surface area contributed by atoms with Crippen LogP contribution in [0.25, 0.3) is 0 Å². The highest BCUT2D eigenvalue weighted by atomic mass is 32.2. The van der Waals surface area contributed by atoms with E-state index in [0.29, 0.717) is 31.0 Å². The van der Waals surface area contributed by atoms with E-state index in [1.54, 1.807) is 13.0 Å². The van der Waals surface area contributed by atoms with Crippen molar-refractivity contribution in [2.24, 2.45) is 5.92 Å². The van der Waals surface area contributed by atoms with Crippen LogP contribution in [0.4, 0.5) is 0 Å². The molecule has 7 heteroatoms. The Morgan fingerprint density at radius 1 is 1.23 bits per heavy atom. The number of amides is 1. The molecule has 0 N–H and O–H groups in total. The first-order chi connectivity index (χ1) is 10.3. The predicted octanol–water partition coefficient (Wildman–Crippen LogP) is 1.39. The lowest BCUT2D eigenvalue weighted by atomic mass is 9.94. The minimum Gasteiger partial charge on any atom is -0.466 e. The first-order valence-electron chi connectivity index (χ1n) is 7.59. The second-order valence-electron chi connectivity index (χ2n) is 6.46. The zero-order valence-electron chi connectivity index (χ0n) is 13.2. The summed E-state index contributed by atoms with van der Waals surface area (Å²) in [6.07, 6.45) is 3.08. The molecule has 2 bridgehead atoms. The largest absolute Gasteiger partial charge is 0.466 e. The van der Waals surface area contributed by atoms with Crippen molar-refractivity contribution in [2.75, 3.05) is 25.9 Å². The number of fused-ring (bicyclic) bond motifs is 4. The van der Waals surface area contributed by atoms with E-state index >= 15 is 0 Å². The van der Waals surface area contributed by atoms with Gasteiger partial charge in [-0.05, 0) is 38.7 Å². The molecule has 3 saturated heterocycles. The number of carbonyl (C=O) groups is 1. The molecule has 3 aliphatic rings. The van der Waals surface area contributed by atoms with Crippen molar-refractivity contribution >= 4 is 15.9 Å². The molecule has 0 aromatic carbocycles. The number of carbonyl (C=O) groups excluding carboxylic acids is 1. The van der Waals surface area contributed by atoms with Crippen LogP contribution in [-0.2, 0) is 10.0 Å². The van der Waals surface area contributed by atoms with E-state index in [1.165, 1.54) is 10.6 Å². The van der Waals surface area contributed by atoms with Gasteiger partial charge in [0.15, 0.2) is 0 Å². The monoisotopic (exact) mass is 326 g/mol. The minimum atomic E-state index is -3.22. The highest BCUT2D eigenvalue weighted by Gasteiger charge is 2.40. The van der Waals surface area contributed by atoms with Crippen LogP contribution in [0.5, 0.6) is 0 Å². The molecule has 0 saturated carbocycles. The van der Waals surface area contributed by atoms with Crippen molar-refractivity contribution in [2.45, 2.75) is 32.7 Å². The van der Waals surface area contributed by atoms with Crippen LogP contribution in [-0.4, -0.2) is 55.5 Å². The fourth-order valence-electron chi connectivity index (χ4n) is 3.56. The van der Waals surface area contributed by atoms with Gasteiger partial charge in [-0.1, -0.05) is 0 Å². The predicted molar refractivity (Wildman–Crippen MR) is 82.1 cm³/mol. The average Bonchev–Trinajstić information content (AvgIpc) is 2.64. The Morgan fingerprint density at radius 2 is 1.95 bits per heavy atom. The third-order valence-electron chi connectivity index (χ3n) is 4.68. The summed E-state index contributed by atoms with van der Waals surface area (Å²) in [6.45, 7) is 5.15. The zero-order valence-corrected chi connectivity index (χ0v) is 14.0. The molecule has 1 aromatic rings. The molecule has 1 amide bonds. The van der Waals surface area contributed by atoms with E-state index in [4.69, 9.17) is 4.42 Å². The Morgan fingerprint density at radius 3 is 2.55 bits per heavy atom. The third kappa shape index (κ3) is 2.79. The number of piperidine rings is 1. The maximum Gasteiger partial charge on any atom is 0.257 e. The molecule has 4 rings (SSSR count). The summed E-state index contributed by atoms with van der Waals surface area (Å²) in [5, 5.41) is 0. The van der Waals surface area contributed by atoms with E-state index < -0.39 is 10.0 Å². The normalized spacial score (nSPS) is 26.2. The Balaban J connectivity index is 1.87. The van der Waals surface area contributed by atoms with Gasteiger partial charge < -0.3 is 9.32 Å². The Labute approximate surface area is 131 Å². The number of nitrogens with zero attached hydrogens (tertiary/aromatic N) is 2. The molecule has 6 nitrogen and oxygen atoms in total. The summed E-state index contributed by atoms with van der Waals surface area (Å²) in [7, 11) is -3.22. The second-order valence-corrected chi connectivity index (χ2v) is 8.44. The Bertz CT molecular complexity index is 694. The average molecular weight is 326 g/mol. The van der Waals surface area contributed by atoms with Gasteiger partial charge in [0, 0.05) is 25.7 Å². The Hall–Kier alpha value is -1.34.